The highest BCUT2D eigenvalue weighted by Gasteiger charge is 2.19. The molecule has 3 rings (SSSR count). The zero-order chi connectivity index (χ0) is 16.6. The lowest BCUT2D eigenvalue weighted by molar-refractivity contribution is -0.115. The van der Waals surface area contributed by atoms with Crippen LogP contribution >= 0.6 is 23.1 Å². The van der Waals surface area contributed by atoms with Gasteiger partial charge in [0, 0.05) is 13.1 Å². The largest absolute Gasteiger partial charge is 0.338 e. The predicted octanol–water partition coefficient (Wildman–Crippen LogP) is 2.41. The molecule has 0 saturated carbocycles. The van der Waals surface area contributed by atoms with Crippen molar-refractivity contribution in [2.24, 2.45) is 7.05 Å². The Balaban J connectivity index is 1.79. The van der Waals surface area contributed by atoms with E-state index < -0.39 is 5.25 Å². The number of aromatic nitrogens is 3. The van der Waals surface area contributed by atoms with E-state index in [0.717, 1.165) is 0 Å². The fraction of sp³-hybridized carbons (Fsp3) is 0.286. The Morgan fingerprint density at radius 2 is 2.30 bits per heavy atom. The van der Waals surface area contributed by atoms with E-state index >= 15 is 0 Å². The topological polar surface area (TPSA) is 90.0 Å². The number of nitrogens with zero attached hydrogens (tertiary/aromatic N) is 3. The molecule has 1 atom stereocenters. The average molecular weight is 350 g/mol. The summed E-state index contributed by atoms with van der Waals surface area (Å²) >= 11 is 2.58. The van der Waals surface area contributed by atoms with Gasteiger partial charge in [-0.15, -0.1) is 11.3 Å². The summed E-state index contributed by atoms with van der Waals surface area (Å²) in [7, 11) is 1.65. The fourth-order valence-electron chi connectivity index (χ4n) is 1.93. The van der Waals surface area contributed by atoms with Gasteiger partial charge in [0.25, 0.3) is 5.56 Å². The number of aryl methyl sites for hydroxylation is 1. The minimum absolute atomic E-state index is 0.106. The molecule has 0 radical (unpaired) electrons. The van der Waals surface area contributed by atoms with Crippen LogP contribution in [0.4, 0.5) is 5.88 Å². The normalized spacial score (nSPS) is 12.5. The van der Waals surface area contributed by atoms with Gasteiger partial charge in [-0.25, -0.2) is 4.98 Å². The van der Waals surface area contributed by atoms with Crippen LogP contribution in [0.15, 0.2) is 32.0 Å². The molecule has 0 aliphatic heterocycles. The highest BCUT2D eigenvalue weighted by molar-refractivity contribution is 8.00. The second-order valence-electron chi connectivity index (χ2n) is 4.98. The van der Waals surface area contributed by atoms with Gasteiger partial charge in [0.2, 0.25) is 11.8 Å². The maximum atomic E-state index is 12.3. The zero-order valence-corrected chi connectivity index (χ0v) is 14.3. The van der Waals surface area contributed by atoms with Crippen molar-refractivity contribution in [2.45, 2.75) is 24.3 Å². The van der Waals surface area contributed by atoms with E-state index in [1.807, 2.05) is 5.38 Å². The third kappa shape index (κ3) is 3.15. The summed E-state index contributed by atoms with van der Waals surface area (Å²) in [6.45, 7) is 3.51. The maximum absolute atomic E-state index is 12.3. The van der Waals surface area contributed by atoms with Crippen LogP contribution in [-0.2, 0) is 11.8 Å². The Hall–Kier alpha value is -2.13. The molecule has 1 unspecified atom stereocenters. The van der Waals surface area contributed by atoms with Crippen molar-refractivity contribution in [1.82, 2.24) is 14.7 Å². The molecule has 1 N–H and O–H groups in total. The summed E-state index contributed by atoms with van der Waals surface area (Å²) in [5.41, 5.74) is 1.23. The first kappa shape index (κ1) is 15.8. The standard InChI is InChI=1S/C14H14N4O3S2/c1-7-6-10(21-17-7)16-12(19)8(2)23-14-15-9-4-5-22-11(9)13(20)18(14)3/h4-6,8H,1-3H3,(H,16,19). The molecule has 7 nitrogen and oxygen atoms in total. The average Bonchev–Trinajstić information content (AvgIpc) is 3.13. The van der Waals surface area contributed by atoms with Crippen molar-refractivity contribution in [3.63, 3.8) is 0 Å². The summed E-state index contributed by atoms with van der Waals surface area (Å²) < 4.78 is 7.05. The summed E-state index contributed by atoms with van der Waals surface area (Å²) in [6, 6.07) is 3.44. The van der Waals surface area contributed by atoms with Crippen LogP contribution in [-0.4, -0.2) is 25.9 Å². The zero-order valence-electron chi connectivity index (χ0n) is 12.7. The smallest absolute Gasteiger partial charge is 0.271 e. The van der Waals surface area contributed by atoms with Crippen LogP contribution in [0.5, 0.6) is 0 Å². The van der Waals surface area contributed by atoms with Crippen molar-refractivity contribution in [1.29, 1.82) is 0 Å². The fourth-order valence-corrected chi connectivity index (χ4v) is 3.61. The van der Waals surface area contributed by atoms with Gasteiger partial charge < -0.3 is 4.52 Å². The van der Waals surface area contributed by atoms with Crippen LogP contribution in [0, 0.1) is 6.92 Å². The Bertz CT molecular complexity index is 928. The highest BCUT2D eigenvalue weighted by Crippen LogP contribution is 2.24. The molecule has 23 heavy (non-hydrogen) atoms. The molecule has 0 aliphatic rings. The SMILES string of the molecule is Cc1cc(NC(=O)C(C)Sc2nc3ccsc3c(=O)n2C)on1. The molecule has 0 spiro atoms. The lowest BCUT2D eigenvalue weighted by Crippen LogP contribution is -2.25. The van der Waals surface area contributed by atoms with Crippen LogP contribution in [0.3, 0.4) is 0 Å². The summed E-state index contributed by atoms with van der Waals surface area (Å²) in [4.78, 5) is 28.9. The van der Waals surface area contributed by atoms with Gasteiger partial charge in [0.05, 0.1) is 16.5 Å². The summed E-state index contributed by atoms with van der Waals surface area (Å²) in [6.07, 6.45) is 0. The first-order chi connectivity index (χ1) is 11.0. The number of nitrogens with one attached hydrogen (secondary N) is 1. The second kappa shape index (κ2) is 6.17. The number of anilines is 1. The Morgan fingerprint density at radius 1 is 1.52 bits per heavy atom. The molecule has 0 bridgehead atoms. The predicted molar refractivity (Wildman–Crippen MR) is 90.0 cm³/mol. The number of hydrogen-bond acceptors (Lipinski definition) is 7. The van der Waals surface area contributed by atoms with Crippen molar-refractivity contribution in [2.75, 3.05) is 5.32 Å². The first-order valence-electron chi connectivity index (χ1n) is 6.81. The van der Waals surface area contributed by atoms with Crippen LogP contribution < -0.4 is 10.9 Å². The number of amides is 1. The second-order valence-corrected chi connectivity index (χ2v) is 7.20. The van der Waals surface area contributed by atoms with E-state index in [-0.39, 0.29) is 11.5 Å². The number of carbonyl (C=O) groups excluding carboxylic acids is 1. The van der Waals surface area contributed by atoms with Gasteiger partial charge >= 0.3 is 0 Å². The Morgan fingerprint density at radius 3 is 3.00 bits per heavy atom. The number of hydrogen-bond donors (Lipinski definition) is 1. The van der Waals surface area contributed by atoms with E-state index in [1.54, 1.807) is 33.0 Å². The molecule has 0 fully saturated rings. The van der Waals surface area contributed by atoms with Crippen LogP contribution in [0.1, 0.15) is 12.6 Å². The van der Waals surface area contributed by atoms with Crippen molar-refractivity contribution >= 4 is 45.1 Å². The lowest BCUT2D eigenvalue weighted by Gasteiger charge is -2.12. The quantitative estimate of drug-likeness (QED) is 0.574. The molecule has 3 heterocycles. The first-order valence-corrected chi connectivity index (χ1v) is 8.56. The summed E-state index contributed by atoms with van der Waals surface area (Å²) in [5, 5.41) is 8.24. The third-order valence-electron chi connectivity index (χ3n) is 3.17. The Labute approximate surface area is 139 Å². The molecular weight excluding hydrogens is 336 g/mol. The molecular formula is C14H14N4O3S2. The van der Waals surface area contributed by atoms with E-state index in [4.69, 9.17) is 4.52 Å². The minimum atomic E-state index is -0.449. The molecule has 120 valence electrons. The van der Waals surface area contributed by atoms with Crippen molar-refractivity contribution in [3.8, 4) is 0 Å². The van der Waals surface area contributed by atoms with E-state index in [2.05, 4.69) is 15.5 Å². The van der Waals surface area contributed by atoms with Gasteiger partial charge in [-0.1, -0.05) is 16.9 Å². The highest BCUT2D eigenvalue weighted by atomic mass is 32.2. The van der Waals surface area contributed by atoms with Gasteiger partial charge in [0.15, 0.2) is 5.16 Å². The lowest BCUT2D eigenvalue weighted by atomic mass is 10.4. The van der Waals surface area contributed by atoms with Gasteiger partial charge in [0.1, 0.15) is 4.70 Å². The van der Waals surface area contributed by atoms with Gasteiger partial charge in [-0.2, -0.15) is 0 Å². The van der Waals surface area contributed by atoms with E-state index in [9.17, 15) is 9.59 Å². The van der Waals surface area contributed by atoms with E-state index in [0.29, 0.717) is 27.0 Å². The molecule has 0 aliphatic carbocycles. The number of carbonyl (C=O) groups is 1. The molecule has 3 aromatic heterocycles. The van der Waals surface area contributed by atoms with Crippen molar-refractivity contribution in [3.05, 3.63) is 33.6 Å². The number of rotatable bonds is 4. The number of thiophene rings is 1. The minimum Gasteiger partial charge on any atom is -0.338 e. The molecule has 0 saturated heterocycles. The molecule has 3 aromatic rings. The third-order valence-corrected chi connectivity index (χ3v) is 5.21. The monoisotopic (exact) mass is 350 g/mol. The molecule has 9 heteroatoms. The van der Waals surface area contributed by atoms with Gasteiger partial charge in [-0.05, 0) is 25.3 Å². The summed E-state index contributed by atoms with van der Waals surface area (Å²) in [5.74, 6) is 0.0564. The maximum Gasteiger partial charge on any atom is 0.271 e. The molecule has 0 aromatic carbocycles. The van der Waals surface area contributed by atoms with Crippen molar-refractivity contribution < 1.29 is 9.32 Å². The molecule has 1 amide bonds. The Kier molecular flexibility index (Phi) is 4.22. The van der Waals surface area contributed by atoms with Crippen LogP contribution in [0.25, 0.3) is 10.2 Å². The number of thioether (sulfide) groups is 1. The number of fused-ring (bicyclic) bond motifs is 1. The van der Waals surface area contributed by atoms with Crippen LogP contribution in [0.2, 0.25) is 0 Å². The van der Waals surface area contributed by atoms with Gasteiger partial charge in [-0.3, -0.25) is 19.5 Å². The van der Waals surface area contributed by atoms with E-state index in [1.165, 1.54) is 27.7 Å².